The Labute approximate surface area is 163 Å². The van der Waals surface area contributed by atoms with Crippen molar-refractivity contribution in [2.24, 2.45) is 39.5 Å². The van der Waals surface area contributed by atoms with Crippen molar-refractivity contribution < 1.29 is 14.7 Å². The highest BCUT2D eigenvalue weighted by atomic mass is 16.6. The second-order valence-corrected chi connectivity index (χ2v) is 10.4. The largest absolute Gasteiger partial charge is 0.394 e. The highest BCUT2D eigenvalue weighted by Crippen LogP contribution is 2.66. The van der Waals surface area contributed by atoms with Gasteiger partial charge in [-0.05, 0) is 69.6 Å². The van der Waals surface area contributed by atoms with Crippen molar-refractivity contribution in [3.05, 3.63) is 0 Å². The molecule has 4 saturated carbocycles. The number of hydrogen-bond donors (Lipinski definition) is 2. The minimum atomic E-state index is -0.695. The van der Waals surface area contributed by atoms with Crippen molar-refractivity contribution in [1.29, 1.82) is 0 Å². The molecule has 0 unspecified atom stereocenters. The molecule has 0 aromatic heterocycles. The lowest BCUT2D eigenvalue weighted by Gasteiger charge is -2.62. The van der Waals surface area contributed by atoms with Gasteiger partial charge in [0.1, 0.15) is 12.4 Å². The summed E-state index contributed by atoms with van der Waals surface area (Å²) >= 11 is 0. The third kappa shape index (κ3) is 2.88. The zero-order chi connectivity index (χ0) is 19.4. The van der Waals surface area contributed by atoms with Gasteiger partial charge in [0.25, 0.3) is 0 Å². The Balaban J connectivity index is 1.54. The number of ketones is 1. The van der Waals surface area contributed by atoms with E-state index in [4.69, 9.17) is 10.6 Å². The monoisotopic (exact) mass is 376 g/mol. The van der Waals surface area contributed by atoms with Crippen LogP contribution in [0.2, 0.25) is 0 Å². The van der Waals surface area contributed by atoms with Crippen molar-refractivity contribution in [2.75, 3.05) is 6.61 Å². The van der Waals surface area contributed by atoms with Gasteiger partial charge in [-0.15, -0.1) is 0 Å². The lowest BCUT2D eigenvalue weighted by atomic mass is 9.43. The Bertz CT molecular complexity index is 647. The van der Waals surface area contributed by atoms with Crippen LogP contribution in [0.25, 0.3) is 0 Å². The fraction of sp³-hybridized carbons (Fsp3) is 0.909. The number of fused-ring (bicyclic) bond motifs is 5. The van der Waals surface area contributed by atoms with E-state index < -0.39 is 5.60 Å². The van der Waals surface area contributed by atoms with Gasteiger partial charge in [0.15, 0.2) is 0 Å². The molecule has 0 aliphatic heterocycles. The molecule has 5 heteroatoms. The standard InChI is InChI=1S/C22H36N2O3/c1-14(23)13-27-24-15-6-10-21(3)18-8-9-20(2)17(4-5-19(20)25)16(18)7-11-22(21,26)12-15/h14,16-18,26H,4-13,23H2,1-3H3/t14-,16-,17-,18-,20-,21+,22+/m0/s1. The summed E-state index contributed by atoms with van der Waals surface area (Å²) < 4.78 is 0. The number of carbonyl (C=O) groups excluding carboxylic acids is 1. The minimum absolute atomic E-state index is 0.0348. The first-order valence-corrected chi connectivity index (χ1v) is 10.9. The lowest BCUT2D eigenvalue weighted by Crippen LogP contribution is -2.62. The number of nitrogens with zero attached hydrogens (tertiary/aromatic N) is 1. The zero-order valence-corrected chi connectivity index (χ0v) is 17.2. The SMILES string of the molecule is C[C@H](N)CON=C1CC[C@]2(C)[C@H]3CC[C@]4(C)C(=O)CC[C@H]4[C@@H]3CC[C@@]2(O)C1. The third-order valence-electron chi connectivity index (χ3n) is 8.88. The number of hydrogen-bond acceptors (Lipinski definition) is 5. The van der Waals surface area contributed by atoms with Crippen molar-refractivity contribution in [1.82, 2.24) is 0 Å². The Kier molecular flexibility index (Phi) is 4.70. The normalized spacial score (nSPS) is 49.3. The summed E-state index contributed by atoms with van der Waals surface area (Å²) in [5.74, 6) is 2.12. The fourth-order valence-corrected chi connectivity index (χ4v) is 7.15. The van der Waals surface area contributed by atoms with Gasteiger partial charge in [-0.1, -0.05) is 19.0 Å². The Morgan fingerprint density at radius 2 is 1.96 bits per heavy atom. The van der Waals surface area contributed by atoms with E-state index in [0.29, 0.717) is 36.6 Å². The fourth-order valence-electron chi connectivity index (χ4n) is 7.15. The summed E-state index contributed by atoms with van der Waals surface area (Å²) in [6, 6.07) is -0.0348. The summed E-state index contributed by atoms with van der Waals surface area (Å²) in [7, 11) is 0. The Hall–Kier alpha value is -0.940. The number of aliphatic hydroxyl groups is 1. The molecule has 0 heterocycles. The van der Waals surface area contributed by atoms with E-state index >= 15 is 0 Å². The first-order valence-electron chi connectivity index (χ1n) is 10.9. The smallest absolute Gasteiger partial charge is 0.139 e. The average molecular weight is 377 g/mol. The van der Waals surface area contributed by atoms with Crippen LogP contribution in [0, 0.1) is 28.6 Å². The second kappa shape index (κ2) is 6.55. The van der Waals surface area contributed by atoms with Crippen LogP contribution in [0.1, 0.15) is 78.6 Å². The Morgan fingerprint density at radius 3 is 2.70 bits per heavy atom. The molecule has 4 aliphatic rings. The molecule has 0 bridgehead atoms. The minimum Gasteiger partial charge on any atom is -0.394 e. The highest BCUT2D eigenvalue weighted by Gasteiger charge is 2.64. The number of oxime groups is 1. The molecule has 5 nitrogen and oxygen atoms in total. The summed E-state index contributed by atoms with van der Waals surface area (Å²) in [6.45, 7) is 6.84. The number of carbonyl (C=O) groups is 1. The van der Waals surface area contributed by atoms with E-state index in [1.54, 1.807) is 0 Å². The van der Waals surface area contributed by atoms with Crippen LogP contribution < -0.4 is 5.73 Å². The van der Waals surface area contributed by atoms with Gasteiger partial charge in [0.2, 0.25) is 0 Å². The van der Waals surface area contributed by atoms with Crippen LogP contribution in [0.5, 0.6) is 0 Å². The number of rotatable bonds is 3. The first-order chi connectivity index (χ1) is 12.7. The molecule has 0 spiro atoms. The summed E-state index contributed by atoms with van der Waals surface area (Å²) in [6.07, 6.45) is 8.23. The predicted octanol–water partition coefficient (Wildman–Crippen LogP) is 3.43. The molecule has 3 N–H and O–H groups in total. The summed E-state index contributed by atoms with van der Waals surface area (Å²) in [5, 5.41) is 16.0. The molecule has 0 aromatic carbocycles. The van der Waals surface area contributed by atoms with Gasteiger partial charge in [-0.3, -0.25) is 4.79 Å². The van der Waals surface area contributed by atoms with Crippen molar-refractivity contribution >= 4 is 11.5 Å². The van der Waals surface area contributed by atoms with Gasteiger partial charge in [-0.2, -0.15) is 0 Å². The topological polar surface area (TPSA) is 84.9 Å². The summed E-state index contributed by atoms with van der Waals surface area (Å²) in [4.78, 5) is 17.9. The van der Waals surface area contributed by atoms with Crippen LogP contribution >= 0.6 is 0 Å². The molecule has 152 valence electrons. The van der Waals surface area contributed by atoms with Gasteiger partial charge in [0, 0.05) is 29.7 Å². The van der Waals surface area contributed by atoms with E-state index in [0.717, 1.165) is 57.1 Å². The molecule has 27 heavy (non-hydrogen) atoms. The van der Waals surface area contributed by atoms with E-state index in [9.17, 15) is 9.90 Å². The first kappa shape index (κ1) is 19.4. The van der Waals surface area contributed by atoms with Gasteiger partial charge < -0.3 is 15.7 Å². The predicted molar refractivity (Wildman–Crippen MR) is 105 cm³/mol. The van der Waals surface area contributed by atoms with Crippen LogP contribution in [0.4, 0.5) is 0 Å². The number of Topliss-reactive ketones (excluding diaryl/α,β-unsaturated/α-hetero) is 1. The van der Waals surface area contributed by atoms with Gasteiger partial charge in [0.05, 0.1) is 11.3 Å². The van der Waals surface area contributed by atoms with E-state index in [2.05, 4.69) is 19.0 Å². The van der Waals surface area contributed by atoms with Crippen LogP contribution in [-0.2, 0) is 9.63 Å². The maximum atomic E-state index is 12.5. The molecular formula is C22H36N2O3. The maximum absolute atomic E-state index is 12.5. The quantitative estimate of drug-likeness (QED) is 0.739. The van der Waals surface area contributed by atoms with Crippen LogP contribution in [0.15, 0.2) is 5.16 Å². The molecular weight excluding hydrogens is 340 g/mol. The third-order valence-corrected chi connectivity index (χ3v) is 8.88. The molecule has 4 aliphatic carbocycles. The molecule has 0 aromatic rings. The van der Waals surface area contributed by atoms with E-state index in [1.165, 1.54) is 0 Å². The highest BCUT2D eigenvalue weighted by molar-refractivity contribution is 5.87. The molecule has 0 amide bonds. The van der Waals surface area contributed by atoms with Crippen LogP contribution in [-0.4, -0.2) is 34.9 Å². The lowest BCUT2D eigenvalue weighted by molar-refractivity contribution is -0.188. The Morgan fingerprint density at radius 1 is 1.19 bits per heavy atom. The van der Waals surface area contributed by atoms with Gasteiger partial charge in [-0.25, -0.2) is 0 Å². The molecule has 4 rings (SSSR count). The van der Waals surface area contributed by atoms with Crippen molar-refractivity contribution in [3.63, 3.8) is 0 Å². The molecule has 0 radical (unpaired) electrons. The maximum Gasteiger partial charge on any atom is 0.139 e. The van der Waals surface area contributed by atoms with Crippen LogP contribution in [0.3, 0.4) is 0 Å². The summed E-state index contributed by atoms with van der Waals surface area (Å²) in [5.41, 5.74) is 5.84. The second-order valence-electron chi connectivity index (χ2n) is 10.4. The zero-order valence-electron chi connectivity index (χ0n) is 17.2. The average Bonchev–Trinajstić information content (AvgIpc) is 2.91. The molecule has 7 atom stereocenters. The number of nitrogens with two attached hydrogens (primary N) is 1. The van der Waals surface area contributed by atoms with Crippen molar-refractivity contribution in [3.8, 4) is 0 Å². The molecule has 0 saturated heterocycles. The molecule has 4 fully saturated rings. The van der Waals surface area contributed by atoms with Crippen molar-refractivity contribution in [2.45, 2.75) is 90.2 Å². The van der Waals surface area contributed by atoms with E-state index in [-0.39, 0.29) is 16.9 Å². The van der Waals surface area contributed by atoms with Gasteiger partial charge >= 0.3 is 0 Å². The van der Waals surface area contributed by atoms with E-state index in [1.807, 2.05) is 6.92 Å².